The number of benzene rings is 1. The molecule has 1 saturated carbocycles. The summed E-state index contributed by atoms with van der Waals surface area (Å²) in [5.41, 5.74) is 10.0. The largest absolute Gasteiger partial charge is 0.456 e. The zero-order valence-corrected chi connectivity index (χ0v) is 19.2. The van der Waals surface area contributed by atoms with Gasteiger partial charge in [0.25, 0.3) is 0 Å². The van der Waals surface area contributed by atoms with Crippen molar-refractivity contribution in [2.45, 2.75) is 25.2 Å². The first-order valence-corrected chi connectivity index (χ1v) is 12.4. The molecule has 0 spiro atoms. The first kappa shape index (κ1) is 20.4. The van der Waals surface area contributed by atoms with E-state index in [0.29, 0.717) is 11.7 Å². The van der Waals surface area contributed by atoms with Crippen LogP contribution in [0.1, 0.15) is 12.8 Å². The summed E-state index contributed by atoms with van der Waals surface area (Å²) in [6.07, 6.45) is 4.26. The second kappa shape index (κ2) is 8.04. The number of nitrogens with two attached hydrogens (primary N) is 1. The van der Waals surface area contributed by atoms with Crippen LogP contribution in [-0.2, 0) is 0 Å². The highest BCUT2D eigenvalue weighted by atomic mass is 16.5. The van der Waals surface area contributed by atoms with E-state index in [-0.39, 0.29) is 0 Å². The van der Waals surface area contributed by atoms with Gasteiger partial charge in [0.1, 0.15) is 17.1 Å². The van der Waals surface area contributed by atoms with E-state index >= 15 is 0 Å². The summed E-state index contributed by atoms with van der Waals surface area (Å²) >= 11 is 0. The molecule has 7 rings (SSSR count). The van der Waals surface area contributed by atoms with E-state index in [9.17, 15) is 0 Å². The summed E-state index contributed by atoms with van der Waals surface area (Å²) in [4.78, 5) is 21.9. The van der Waals surface area contributed by atoms with Crippen molar-refractivity contribution in [2.75, 3.05) is 56.0 Å². The zero-order valence-electron chi connectivity index (χ0n) is 19.2. The van der Waals surface area contributed by atoms with Crippen LogP contribution in [0.5, 0.6) is 5.75 Å². The third-order valence-corrected chi connectivity index (χ3v) is 7.54. The smallest absolute Gasteiger partial charge is 0.225 e. The van der Waals surface area contributed by atoms with Gasteiger partial charge < -0.3 is 19.9 Å². The molecule has 3 aliphatic heterocycles. The molecule has 4 aliphatic rings. The molecule has 1 atom stereocenters. The van der Waals surface area contributed by atoms with Gasteiger partial charge in [0.05, 0.1) is 17.6 Å². The van der Waals surface area contributed by atoms with Gasteiger partial charge in [-0.15, -0.1) is 0 Å². The van der Waals surface area contributed by atoms with Gasteiger partial charge in [0.2, 0.25) is 6.35 Å². The van der Waals surface area contributed by atoms with E-state index in [0.717, 1.165) is 53.0 Å². The highest BCUT2D eigenvalue weighted by Crippen LogP contribution is 2.35. The second-order valence-electron chi connectivity index (χ2n) is 10.00. The van der Waals surface area contributed by atoms with E-state index in [1.54, 1.807) is 0 Å². The maximum absolute atomic E-state index is 5.82. The number of fused-ring (bicyclic) bond motifs is 2. The Hall–Kier alpha value is -3.01. The quantitative estimate of drug-likeness (QED) is 0.595. The SMILES string of the molecule is NC1Nc2cc(-c3ccc4ncc(N5CC(N6CCN(CC7CC7)CC6)C5)nc4n3)ccc2O1. The van der Waals surface area contributed by atoms with Gasteiger partial charge in [-0.05, 0) is 49.1 Å². The van der Waals surface area contributed by atoms with Crippen LogP contribution in [0, 0.1) is 5.92 Å². The molecule has 3 fully saturated rings. The van der Waals surface area contributed by atoms with E-state index in [1.807, 2.05) is 36.5 Å². The molecular formula is C25H30N8O. The Kier molecular flexibility index (Phi) is 4.82. The van der Waals surface area contributed by atoms with Gasteiger partial charge in [-0.3, -0.25) is 10.6 Å². The van der Waals surface area contributed by atoms with Crippen molar-refractivity contribution in [2.24, 2.45) is 11.7 Å². The molecule has 0 amide bonds. The average molecular weight is 459 g/mol. The number of nitrogens with zero attached hydrogens (tertiary/aromatic N) is 6. The number of piperazine rings is 1. The van der Waals surface area contributed by atoms with E-state index in [4.69, 9.17) is 20.4 Å². The van der Waals surface area contributed by atoms with Gasteiger partial charge in [0, 0.05) is 57.4 Å². The number of anilines is 2. The minimum absolute atomic E-state index is 0.504. The average Bonchev–Trinajstić information content (AvgIpc) is 3.56. The molecule has 176 valence electrons. The number of rotatable bonds is 5. The van der Waals surface area contributed by atoms with Crippen LogP contribution in [0.3, 0.4) is 0 Å². The van der Waals surface area contributed by atoms with Crippen molar-refractivity contribution < 1.29 is 4.74 Å². The molecule has 5 heterocycles. The molecule has 1 aliphatic carbocycles. The summed E-state index contributed by atoms with van der Waals surface area (Å²) in [7, 11) is 0. The minimum atomic E-state index is -0.504. The lowest BCUT2D eigenvalue weighted by Crippen LogP contribution is -2.63. The fourth-order valence-corrected chi connectivity index (χ4v) is 5.28. The topological polar surface area (TPSA) is 95.7 Å². The molecule has 0 radical (unpaired) electrons. The maximum Gasteiger partial charge on any atom is 0.225 e. The standard InChI is InChI=1S/C25H30N8O/c26-25-29-21-11-17(3-6-22(21)34-25)19-4-5-20-24(28-19)30-23(12-27-20)33-14-18(15-33)32-9-7-31(8-10-32)13-16-1-2-16/h3-6,11-12,16,18,25,29H,1-2,7-10,13-15,26H2. The Bertz CT molecular complexity index is 1220. The Morgan fingerprint density at radius 2 is 1.88 bits per heavy atom. The van der Waals surface area contributed by atoms with Crippen LogP contribution in [0.25, 0.3) is 22.4 Å². The molecule has 1 unspecified atom stereocenters. The molecule has 1 aromatic carbocycles. The van der Waals surface area contributed by atoms with Gasteiger partial charge >= 0.3 is 0 Å². The molecule has 2 saturated heterocycles. The number of ether oxygens (including phenoxy) is 1. The maximum atomic E-state index is 5.82. The first-order chi connectivity index (χ1) is 16.7. The van der Waals surface area contributed by atoms with Crippen molar-refractivity contribution in [3.8, 4) is 17.0 Å². The van der Waals surface area contributed by atoms with E-state index in [2.05, 4.69) is 25.0 Å². The Balaban J connectivity index is 1.03. The minimum Gasteiger partial charge on any atom is -0.456 e. The molecule has 3 N–H and O–H groups in total. The van der Waals surface area contributed by atoms with Crippen molar-refractivity contribution >= 4 is 22.7 Å². The predicted molar refractivity (Wildman–Crippen MR) is 132 cm³/mol. The monoisotopic (exact) mass is 458 g/mol. The molecule has 9 nitrogen and oxygen atoms in total. The summed E-state index contributed by atoms with van der Waals surface area (Å²) < 4.78 is 5.52. The fourth-order valence-electron chi connectivity index (χ4n) is 5.28. The van der Waals surface area contributed by atoms with Crippen LogP contribution in [-0.4, -0.2) is 83.0 Å². The van der Waals surface area contributed by atoms with Gasteiger partial charge in [0.15, 0.2) is 5.65 Å². The lowest BCUT2D eigenvalue weighted by Gasteiger charge is -2.48. The number of nitrogens with one attached hydrogen (secondary N) is 1. The summed E-state index contributed by atoms with van der Waals surface area (Å²) in [5, 5.41) is 3.11. The van der Waals surface area contributed by atoms with Gasteiger partial charge in [-0.25, -0.2) is 15.0 Å². The molecule has 3 aromatic rings. The third-order valence-electron chi connectivity index (χ3n) is 7.54. The molecular weight excluding hydrogens is 428 g/mol. The van der Waals surface area contributed by atoms with E-state index < -0.39 is 6.35 Å². The summed E-state index contributed by atoms with van der Waals surface area (Å²) in [5.74, 6) is 2.66. The van der Waals surface area contributed by atoms with Crippen molar-refractivity contribution in [1.82, 2.24) is 24.8 Å². The lowest BCUT2D eigenvalue weighted by molar-refractivity contribution is 0.0807. The zero-order chi connectivity index (χ0) is 22.6. The number of hydrogen-bond donors (Lipinski definition) is 2. The fraction of sp³-hybridized carbons (Fsp3) is 0.480. The second-order valence-corrected chi connectivity index (χ2v) is 10.00. The molecule has 2 aromatic heterocycles. The number of aromatic nitrogens is 3. The van der Waals surface area contributed by atoms with Crippen molar-refractivity contribution in [1.29, 1.82) is 0 Å². The molecule has 0 bridgehead atoms. The predicted octanol–water partition coefficient (Wildman–Crippen LogP) is 1.95. The third kappa shape index (κ3) is 3.83. The van der Waals surface area contributed by atoms with Crippen molar-refractivity contribution in [3.63, 3.8) is 0 Å². The Morgan fingerprint density at radius 1 is 1.03 bits per heavy atom. The Morgan fingerprint density at radius 3 is 2.71 bits per heavy atom. The molecule has 9 heteroatoms. The normalized spacial score (nSPS) is 23.4. The van der Waals surface area contributed by atoms with Crippen LogP contribution >= 0.6 is 0 Å². The Labute approximate surface area is 198 Å². The van der Waals surface area contributed by atoms with Crippen LogP contribution in [0.4, 0.5) is 11.5 Å². The van der Waals surface area contributed by atoms with Crippen LogP contribution in [0.2, 0.25) is 0 Å². The van der Waals surface area contributed by atoms with Crippen LogP contribution in [0.15, 0.2) is 36.5 Å². The molecule has 34 heavy (non-hydrogen) atoms. The summed E-state index contributed by atoms with van der Waals surface area (Å²) in [6, 6.07) is 10.5. The van der Waals surface area contributed by atoms with Crippen LogP contribution < -0.4 is 20.7 Å². The highest BCUT2D eigenvalue weighted by Gasteiger charge is 2.35. The number of pyridine rings is 1. The van der Waals surface area contributed by atoms with Crippen molar-refractivity contribution in [3.05, 3.63) is 36.5 Å². The van der Waals surface area contributed by atoms with Gasteiger partial charge in [-0.1, -0.05) is 0 Å². The summed E-state index contributed by atoms with van der Waals surface area (Å²) in [6.45, 7) is 8.14. The van der Waals surface area contributed by atoms with E-state index in [1.165, 1.54) is 45.6 Å². The first-order valence-electron chi connectivity index (χ1n) is 12.4. The van der Waals surface area contributed by atoms with Gasteiger partial charge in [-0.2, -0.15) is 0 Å². The number of hydrogen-bond acceptors (Lipinski definition) is 9. The lowest BCUT2D eigenvalue weighted by atomic mass is 10.1. The highest BCUT2D eigenvalue weighted by molar-refractivity contribution is 5.78.